The van der Waals surface area contributed by atoms with Gasteiger partial charge in [-0.05, 0) is 24.6 Å². The molecule has 1 atom stereocenters. The van der Waals surface area contributed by atoms with Crippen LogP contribution < -0.4 is 5.73 Å². The van der Waals surface area contributed by atoms with Gasteiger partial charge in [0.25, 0.3) is 0 Å². The van der Waals surface area contributed by atoms with Gasteiger partial charge in [-0.3, -0.25) is 0 Å². The van der Waals surface area contributed by atoms with Crippen molar-refractivity contribution in [3.05, 3.63) is 29.9 Å². The van der Waals surface area contributed by atoms with Gasteiger partial charge in [-0.2, -0.15) is 4.98 Å². The molecule has 19 heavy (non-hydrogen) atoms. The van der Waals surface area contributed by atoms with Crippen LogP contribution >= 0.6 is 0 Å². The standard InChI is InChI=1S/C13H16FN3O2/c1-2-3-9(15)7-12-16-13(17-19-12)8-4-5-11(18)10(14)6-8/h4-6,9,18H,2-3,7,15H2,1H3. The largest absolute Gasteiger partial charge is 0.505 e. The van der Waals surface area contributed by atoms with E-state index in [0.29, 0.717) is 17.9 Å². The zero-order valence-corrected chi connectivity index (χ0v) is 10.6. The summed E-state index contributed by atoms with van der Waals surface area (Å²) in [6, 6.07) is 3.92. The van der Waals surface area contributed by atoms with Crippen LogP contribution in [-0.4, -0.2) is 21.3 Å². The van der Waals surface area contributed by atoms with Gasteiger partial charge in [0.15, 0.2) is 11.6 Å². The monoisotopic (exact) mass is 265 g/mol. The molecule has 0 aliphatic heterocycles. The van der Waals surface area contributed by atoms with E-state index < -0.39 is 11.6 Å². The van der Waals surface area contributed by atoms with Crippen LogP contribution in [0.2, 0.25) is 0 Å². The fourth-order valence-corrected chi connectivity index (χ4v) is 1.80. The molecule has 1 heterocycles. The minimum absolute atomic E-state index is 0.0187. The Morgan fingerprint density at radius 3 is 2.95 bits per heavy atom. The molecular weight excluding hydrogens is 249 g/mol. The van der Waals surface area contributed by atoms with E-state index in [2.05, 4.69) is 17.1 Å². The van der Waals surface area contributed by atoms with E-state index in [4.69, 9.17) is 15.4 Å². The van der Waals surface area contributed by atoms with Crippen LogP contribution in [0.25, 0.3) is 11.4 Å². The lowest BCUT2D eigenvalue weighted by molar-refractivity contribution is 0.366. The van der Waals surface area contributed by atoms with E-state index in [1.165, 1.54) is 12.1 Å². The Bertz CT molecular complexity index is 557. The van der Waals surface area contributed by atoms with Gasteiger partial charge in [0, 0.05) is 18.0 Å². The zero-order chi connectivity index (χ0) is 13.8. The van der Waals surface area contributed by atoms with Gasteiger partial charge in [-0.15, -0.1) is 0 Å². The number of benzene rings is 1. The third-order valence-corrected chi connectivity index (χ3v) is 2.77. The fourth-order valence-electron chi connectivity index (χ4n) is 1.80. The molecule has 1 aromatic carbocycles. The number of nitrogens with zero attached hydrogens (tertiary/aromatic N) is 2. The maximum absolute atomic E-state index is 13.2. The molecule has 2 rings (SSSR count). The van der Waals surface area contributed by atoms with Gasteiger partial charge in [-0.1, -0.05) is 18.5 Å². The summed E-state index contributed by atoms with van der Waals surface area (Å²) in [5, 5.41) is 12.9. The van der Waals surface area contributed by atoms with Gasteiger partial charge in [0.1, 0.15) is 0 Å². The Morgan fingerprint density at radius 2 is 2.26 bits per heavy atom. The number of hydrogen-bond acceptors (Lipinski definition) is 5. The molecule has 1 aromatic heterocycles. The quantitative estimate of drug-likeness (QED) is 0.866. The second-order valence-corrected chi connectivity index (χ2v) is 4.43. The summed E-state index contributed by atoms with van der Waals surface area (Å²) < 4.78 is 18.3. The Morgan fingerprint density at radius 1 is 1.47 bits per heavy atom. The van der Waals surface area contributed by atoms with Crippen LogP contribution in [0, 0.1) is 5.82 Å². The van der Waals surface area contributed by atoms with E-state index >= 15 is 0 Å². The molecule has 0 saturated heterocycles. The molecule has 6 heteroatoms. The topological polar surface area (TPSA) is 85.2 Å². The van der Waals surface area contributed by atoms with Crippen LogP contribution in [0.5, 0.6) is 5.75 Å². The SMILES string of the molecule is CCCC(N)Cc1nc(-c2ccc(O)c(F)c2)no1. The summed E-state index contributed by atoms with van der Waals surface area (Å²) in [4.78, 5) is 4.17. The van der Waals surface area contributed by atoms with E-state index in [0.717, 1.165) is 18.9 Å². The van der Waals surface area contributed by atoms with Crippen LogP contribution in [0.1, 0.15) is 25.7 Å². The molecule has 5 nitrogen and oxygen atoms in total. The maximum atomic E-state index is 13.2. The Labute approximate surface area is 110 Å². The summed E-state index contributed by atoms with van der Waals surface area (Å²) in [5.74, 6) is -0.397. The summed E-state index contributed by atoms with van der Waals surface area (Å²) >= 11 is 0. The zero-order valence-electron chi connectivity index (χ0n) is 10.6. The van der Waals surface area contributed by atoms with Crippen molar-refractivity contribution in [1.82, 2.24) is 10.1 Å². The summed E-state index contributed by atoms with van der Waals surface area (Å²) in [6.45, 7) is 2.05. The van der Waals surface area contributed by atoms with E-state index in [1.807, 2.05) is 0 Å². The highest BCUT2D eigenvalue weighted by atomic mass is 19.1. The second-order valence-electron chi connectivity index (χ2n) is 4.43. The number of aromatic hydroxyl groups is 1. The van der Waals surface area contributed by atoms with E-state index in [1.54, 1.807) is 0 Å². The van der Waals surface area contributed by atoms with Crippen LogP contribution in [-0.2, 0) is 6.42 Å². The lowest BCUT2D eigenvalue weighted by atomic mass is 10.1. The number of phenolic OH excluding ortho intramolecular Hbond substituents is 1. The third-order valence-electron chi connectivity index (χ3n) is 2.77. The van der Waals surface area contributed by atoms with Crippen LogP contribution in [0.3, 0.4) is 0 Å². The molecule has 0 aliphatic carbocycles. The maximum Gasteiger partial charge on any atom is 0.228 e. The first-order valence-electron chi connectivity index (χ1n) is 6.17. The number of phenols is 1. The molecule has 1 unspecified atom stereocenters. The van der Waals surface area contributed by atoms with Crippen molar-refractivity contribution in [1.29, 1.82) is 0 Å². The average Bonchev–Trinajstić information content (AvgIpc) is 2.81. The Hall–Kier alpha value is -1.95. The predicted octanol–water partition coefficient (Wildman–Crippen LogP) is 2.25. The molecule has 0 radical (unpaired) electrons. The van der Waals surface area contributed by atoms with Gasteiger partial charge in [0.05, 0.1) is 0 Å². The van der Waals surface area contributed by atoms with E-state index in [-0.39, 0.29) is 11.9 Å². The van der Waals surface area contributed by atoms with E-state index in [9.17, 15) is 4.39 Å². The minimum Gasteiger partial charge on any atom is -0.505 e. The molecule has 3 N–H and O–H groups in total. The first-order chi connectivity index (χ1) is 9.10. The molecule has 0 bridgehead atoms. The molecule has 102 valence electrons. The predicted molar refractivity (Wildman–Crippen MR) is 67.9 cm³/mol. The third kappa shape index (κ3) is 3.29. The fraction of sp³-hybridized carbons (Fsp3) is 0.385. The summed E-state index contributed by atoms with van der Waals surface area (Å²) in [6.07, 6.45) is 2.37. The highest BCUT2D eigenvalue weighted by molar-refractivity contribution is 5.55. The van der Waals surface area contributed by atoms with Crippen molar-refractivity contribution in [2.24, 2.45) is 5.73 Å². The number of aromatic nitrogens is 2. The number of nitrogens with two attached hydrogens (primary N) is 1. The lowest BCUT2D eigenvalue weighted by Crippen LogP contribution is -2.22. The van der Waals surface area contributed by atoms with Gasteiger partial charge in [-0.25, -0.2) is 4.39 Å². The second kappa shape index (κ2) is 5.79. The van der Waals surface area contributed by atoms with Crippen molar-refractivity contribution in [2.75, 3.05) is 0 Å². The van der Waals surface area contributed by atoms with Crippen molar-refractivity contribution >= 4 is 0 Å². The summed E-state index contributed by atoms with van der Waals surface area (Å²) in [5.41, 5.74) is 6.34. The average molecular weight is 265 g/mol. The van der Waals surface area contributed by atoms with Crippen LogP contribution in [0.4, 0.5) is 4.39 Å². The molecule has 0 amide bonds. The lowest BCUT2D eigenvalue weighted by Gasteiger charge is -2.05. The normalized spacial score (nSPS) is 12.6. The number of rotatable bonds is 5. The molecule has 0 fully saturated rings. The molecule has 0 spiro atoms. The van der Waals surface area contributed by atoms with Gasteiger partial charge >= 0.3 is 0 Å². The molecule has 2 aromatic rings. The van der Waals surface area contributed by atoms with Crippen molar-refractivity contribution in [3.63, 3.8) is 0 Å². The van der Waals surface area contributed by atoms with Crippen molar-refractivity contribution in [2.45, 2.75) is 32.2 Å². The summed E-state index contributed by atoms with van der Waals surface area (Å²) in [7, 11) is 0. The minimum atomic E-state index is -0.716. The smallest absolute Gasteiger partial charge is 0.228 e. The number of halogens is 1. The number of hydrogen-bond donors (Lipinski definition) is 2. The Balaban J connectivity index is 2.14. The van der Waals surface area contributed by atoms with Gasteiger partial charge < -0.3 is 15.4 Å². The van der Waals surface area contributed by atoms with Crippen molar-refractivity contribution < 1.29 is 14.0 Å². The Kier molecular flexibility index (Phi) is 4.11. The molecule has 0 saturated carbocycles. The molecular formula is C13H16FN3O2. The van der Waals surface area contributed by atoms with Crippen molar-refractivity contribution in [3.8, 4) is 17.1 Å². The first kappa shape index (κ1) is 13.5. The van der Waals surface area contributed by atoms with Gasteiger partial charge in [0.2, 0.25) is 11.7 Å². The highest BCUT2D eigenvalue weighted by Gasteiger charge is 2.13. The molecule has 0 aliphatic rings. The first-order valence-corrected chi connectivity index (χ1v) is 6.17. The van der Waals surface area contributed by atoms with Crippen LogP contribution in [0.15, 0.2) is 22.7 Å². The highest BCUT2D eigenvalue weighted by Crippen LogP contribution is 2.22.